The Morgan fingerprint density at radius 2 is 1.84 bits per heavy atom. The van der Waals surface area contributed by atoms with Gasteiger partial charge in [0, 0.05) is 17.3 Å². The van der Waals surface area contributed by atoms with E-state index in [0.717, 1.165) is 5.56 Å². The third-order valence-corrected chi connectivity index (χ3v) is 8.00. The van der Waals surface area contributed by atoms with Gasteiger partial charge in [0.05, 0.1) is 21.4 Å². The third-order valence-electron chi connectivity index (χ3n) is 5.27. The van der Waals surface area contributed by atoms with E-state index in [4.69, 9.17) is 4.52 Å². The normalized spacial score (nSPS) is 11.9. The zero-order valence-corrected chi connectivity index (χ0v) is 21.6. The monoisotopic (exact) mass is 533 g/mol. The molecule has 0 aliphatic heterocycles. The number of hydrogen-bond donors (Lipinski definition) is 2. The minimum absolute atomic E-state index is 0.00755. The molecule has 188 valence electrons. The summed E-state index contributed by atoms with van der Waals surface area (Å²) in [4.78, 5) is 17.7. The molecule has 2 aromatic carbocycles. The predicted molar refractivity (Wildman–Crippen MR) is 141 cm³/mol. The maximum atomic E-state index is 13.0. The summed E-state index contributed by atoms with van der Waals surface area (Å²) < 4.78 is 32.4. The number of nitrogens with one attached hydrogen (secondary N) is 2. The number of aromatic nitrogens is 2. The van der Waals surface area contributed by atoms with Crippen LogP contribution in [0.2, 0.25) is 0 Å². The molecular formula is C26H23N5O4S2. The van der Waals surface area contributed by atoms with E-state index in [-0.39, 0.29) is 16.6 Å². The van der Waals surface area contributed by atoms with Crippen molar-refractivity contribution >= 4 is 39.2 Å². The van der Waals surface area contributed by atoms with Crippen LogP contribution in [0.3, 0.4) is 0 Å². The molecule has 2 N–H and O–H groups in total. The van der Waals surface area contributed by atoms with Crippen molar-refractivity contribution in [2.75, 3.05) is 10.0 Å². The highest BCUT2D eigenvalue weighted by molar-refractivity contribution is 8.00. The van der Waals surface area contributed by atoms with E-state index >= 15 is 0 Å². The van der Waals surface area contributed by atoms with E-state index in [2.05, 4.69) is 26.2 Å². The SMILES string of the molecule is CCC(Sc1nc(-c2ccccc2)ccc1C#N)C(=O)Nc1ccc(S(=O)(=O)Nc2cc(C)on2)cc1. The molecular weight excluding hydrogens is 510 g/mol. The fourth-order valence-corrected chi connectivity index (χ4v) is 5.37. The molecule has 0 spiro atoms. The topological polar surface area (TPSA) is 138 Å². The lowest BCUT2D eigenvalue weighted by Gasteiger charge is -2.16. The van der Waals surface area contributed by atoms with Crippen LogP contribution in [0, 0.1) is 18.3 Å². The Bertz CT molecular complexity index is 1550. The maximum Gasteiger partial charge on any atom is 0.263 e. The molecule has 4 aromatic rings. The van der Waals surface area contributed by atoms with Gasteiger partial charge in [-0.25, -0.2) is 13.4 Å². The van der Waals surface area contributed by atoms with Gasteiger partial charge < -0.3 is 9.84 Å². The number of carbonyl (C=O) groups excluding carboxylic acids is 1. The van der Waals surface area contributed by atoms with Crippen molar-refractivity contribution in [3.63, 3.8) is 0 Å². The summed E-state index contributed by atoms with van der Waals surface area (Å²) >= 11 is 1.22. The van der Waals surface area contributed by atoms with Crippen LogP contribution in [-0.2, 0) is 14.8 Å². The van der Waals surface area contributed by atoms with Gasteiger partial charge in [0.2, 0.25) is 5.91 Å². The van der Waals surface area contributed by atoms with Crippen LogP contribution < -0.4 is 10.0 Å². The van der Waals surface area contributed by atoms with Crippen molar-refractivity contribution in [3.05, 3.63) is 84.1 Å². The van der Waals surface area contributed by atoms with Crippen molar-refractivity contribution < 1.29 is 17.7 Å². The number of amides is 1. The Morgan fingerprint density at radius 3 is 2.46 bits per heavy atom. The van der Waals surface area contributed by atoms with Gasteiger partial charge in [-0.05, 0) is 49.7 Å². The summed E-state index contributed by atoms with van der Waals surface area (Å²) in [6, 6.07) is 22.5. The second-order valence-electron chi connectivity index (χ2n) is 7.98. The first-order chi connectivity index (χ1) is 17.8. The maximum absolute atomic E-state index is 13.0. The molecule has 0 saturated heterocycles. The summed E-state index contributed by atoms with van der Waals surface area (Å²) in [7, 11) is -3.87. The summed E-state index contributed by atoms with van der Waals surface area (Å²) in [5.74, 6) is 0.275. The lowest BCUT2D eigenvalue weighted by Crippen LogP contribution is -2.25. The fourth-order valence-electron chi connectivity index (χ4n) is 3.39. The Morgan fingerprint density at radius 1 is 1.11 bits per heavy atom. The molecule has 1 atom stereocenters. The average Bonchev–Trinajstić information content (AvgIpc) is 3.31. The summed E-state index contributed by atoms with van der Waals surface area (Å²) in [6.45, 7) is 3.53. The number of rotatable bonds is 9. The molecule has 0 bridgehead atoms. The van der Waals surface area contributed by atoms with Crippen molar-refractivity contribution in [3.8, 4) is 17.3 Å². The van der Waals surface area contributed by atoms with Crippen LogP contribution in [0.15, 0.2) is 87.2 Å². The standard InChI is InChI=1S/C26H23N5O4S2/c1-3-23(36-26-19(16-27)9-14-22(29-26)18-7-5-4-6-8-18)25(32)28-20-10-12-21(13-11-20)37(33,34)31-24-15-17(2)35-30-24/h4-15,23H,3H2,1-2H3,(H,28,32)(H,30,31). The Labute approximate surface area is 219 Å². The highest BCUT2D eigenvalue weighted by atomic mass is 32.2. The van der Waals surface area contributed by atoms with Crippen LogP contribution in [0.1, 0.15) is 24.7 Å². The first kappa shape index (κ1) is 25.9. The number of aryl methyl sites for hydroxylation is 1. The number of nitrogens with zero attached hydrogens (tertiary/aromatic N) is 3. The zero-order valence-electron chi connectivity index (χ0n) is 20.0. The van der Waals surface area contributed by atoms with E-state index in [1.165, 1.54) is 42.1 Å². The van der Waals surface area contributed by atoms with Crippen LogP contribution >= 0.6 is 11.8 Å². The quantitative estimate of drug-likeness (QED) is 0.279. The lowest BCUT2D eigenvalue weighted by atomic mass is 10.1. The second kappa shape index (κ2) is 11.3. The van der Waals surface area contributed by atoms with E-state index in [1.807, 2.05) is 37.3 Å². The molecule has 0 radical (unpaired) electrons. The molecule has 2 heterocycles. The molecule has 0 fully saturated rings. The molecule has 0 aliphatic carbocycles. The van der Waals surface area contributed by atoms with Crippen LogP contribution in [0.5, 0.6) is 0 Å². The molecule has 1 amide bonds. The van der Waals surface area contributed by atoms with Gasteiger partial charge in [-0.2, -0.15) is 5.26 Å². The largest absolute Gasteiger partial charge is 0.360 e. The van der Waals surface area contributed by atoms with Crippen LogP contribution in [-0.4, -0.2) is 29.7 Å². The van der Waals surface area contributed by atoms with Crippen molar-refractivity contribution in [2.45, 2.75) is 35.4 Å². The van der Waals surface area contributed by atoms with Gasteiger partial charge >= 0.3 is 0 Å². The number of sulfonamides is 1. The van der Waals surface area contributed by atoms with Gasteiger partial charge in [0.25, 0.3) is 10.0 Å². The summed E-state index contributed by atoms with van der Waals surface area (Å²) in [6.07, 6.45) is 0.492. The number of carbonyl (C=O) groups is 1. The smallest absolute Gasteiger partial charge is 0.263 e. The molecule has 0 saturated carbocycles. The minimum Gasteiger partial charge on any atom is -0.360 e. The third kappa shape index (κ3) is 6.35. The summed E-state index contributed by atoms with van der Waals surface area (Å²) in [5, 5.41) is 16.0. The van der Waals surface area contributed by atoms with Gasteiger partial charge in [0.15, 0.2) is 5.82 Å². The number of pyridine rings is 1. The van der Waals surface area contributed by atoms with E-state index in [0.29, 0.717) is 34.2 Å². The van der Waals surface area contributed by atoms with Crippen molar-refractivity contribution in [2.24, 2.45) is 0 Å². The molecule has 1 unspecified atom stereocenters. The Balaban J connectivity index is 1.47. The first-order valence-electron chi connectivity index (χ1n) is 11.3. The number of benzene rings is 2. The van der Waals surface area contributed by atoms with E-state index in [1.54, 1.807) is 19.1 Å². The van der Waals surface area contributed by atoms with E-state index in [9.17, 15) is 18.5 Å². The Hall–Kier alpha value is -4.14. The molecule has 11 heteroatoms. The Kier molecular flexibility index (Phi) is 7.91. The van der Waals surface area contributed by atoms with E-state index < -0.39 is 15.3 Å². The average molecular weight is 534 g/mol. The van der Waals surface area contributed by atoms with Gasteiger partial charge in [-0.3, -0.25) is 9.52 Å². The van der Waals surface area contributed by atoms with Crippen molar-refractivity contribution in [1.82, 2.24) is 10.1 Å². The highest BCUT2D eigenvalue weighted by Crippen LogP contribution is 2.30. The molecule has 2 aromatic heterocycles. The summed E-state index contributed by atoms with van der Waals surface area (Å²) in [5.41, 5.74) is 2.45. The first-order valence-corrected chi connectivity index (χ1v) is 13.7. The molecule has 4 rings (SSSR count). The fraction of sp³-hybridized carbons (Fsp3) is 0.154. The molecule has 9 nitrogen and oxygen atoms in total. The van der Waals surface area contributed by atoms with Crippen molar-refractivity contribution in [1.29, 1.82) is 5.26 Å². The zero-order chi connectivity index (χ0) is 26.4. The van der Waals surface area contributed by atoms with Gasteiger partial charge in [0.1, 0.15) is 16.9 Å². The molecule has 0 aliphatic rings. The van der Waals surface area contributed by atoms with Gasteiger partial charge in [-0.15, -0.1) is 0 Å². The predicted octanol–water partition coefficient (Wildman–Crippen LogP) is 5.23. The van der Waals surface area contributed by atoms with Crippen LogP contribution in [0.25, 0.3) is 11.3 Å². The highest BCUT2D eigenvalue weighted by Gasteiger charge is 2.22. The molecule has 37 heavy (non-hydrogen) atoms. The van der Waals surface area contributed by atoms with Crippen LogP contribution in [0.4, 0.5) is 11.5 Å². The van der Waals surface area contributed by atoms with Gasteiger partial charge in [-0.1, -0.05) is 54.2 Å². The number of thioether (sulfide) groups is 1. The number of anilines is 2. The number of hydrogen-bond acceptors (Lipinski definition) is 8. The lowest BCUT2D eigenvalue weighted by molar-refractivity contribution is -0.115. The minimum atomic E-state index is -3.87. The number of nitriles is 1. The second-order valence-corrected chi connectivity index (χ2v) is 10.9.